The van der Waals surface area contributed by atoms with E-state index in [0.29, 0.717) is 5.95 Å². The summed E-state index contributed by atoms with van der Waals surface area (Å²) in [6.07, 6.45) is 7.49. The molecule has 0 radical (unpaired) electrons. The summed E-state index contributed by atoms with van der Waals surface area (Å²) in [7, 11) is 0. The van der Waals surface area contributed by atoms with Crippen LogP contribution in [0.2, 0.25) is 0 Å². The van der Waals surface area contributed by atoms with Gasteiger partial charge in [0.15, 0.2) is 0 Å². The molecule has 2 aromatic heterocycles. The van der Waals surface area contributed by atoms with E-state index in [1.54, 1.807) is 0 Å². The van der Waals surface area contributed by atoms with Gasteiger partial charge in [0.1, 0.15) is 5.82 Å². The molecule has 0 aliphatic rings. The number of hydrogen-bond acceptors (Lipinski definition) is 5. The molecule has 106 valence electrons. The second-order valence-corrected chi connectivity index (χ2v) is 4.68. The summed E-state index contributed by atoms with van der Waals surface area (Å²) < 4.78 is 0. The van der Waals surface area contributed by atoms with Crippen molar-refractivity contribution in [3.8, 4) is 0 Å². The number of rotatable bonds is 7. The molecule has 5 heteroatoms. The molecule has 0 atom stereocenters. The maximum atomic E-state index is 4.50. The second kappa shape index (κ2) is 7.43. The lowest BCUT2D eigenvalue weighted by Gasteiger charge is -2.10. The van der Waals surface area contributed by atoms with Crippen molar-refractivity contribution >= 4 is 11.8 Å². The quantitative estimate of drug-likeness (QED) is 0.810. The van der Waals surface area contributed by atoms with E-state index in [-0.39, 0.29) is 0 Å². The molecule has 5 nitrogen and oxygen atoms in total. The molecular formula is C15H21N5. The van der Waals surface area contributed by atoms with Crippen molar-refractivity contribution in [1.82, 2.24) is 15.0 Å². The molecule has 20 heavy (non-hydrogen) atoms. The van der Waals surface area contributed by atoms with Gasteiger partial charge in [0.25, 0.3) is 0 Å². The Morgan fingerprint density at radius 2 is 1.90 bits per heavy atom. The zero-order chi connectivity index (χ0) is 14.2. The van der Waals surface area contributed by atoms with Crippen LogP contribution in [0.5, 0.6) is 0 Å². The van der Waals surface area contributed by atoms with E-state index >= 15 is 0 Å². The largest absolute Gasteiger partial charge is 0.369 e. The van der Waals surface area contributed by atoms with Gasteiger partial charge in [0.05, 0.1) is 0 Å². The highest BCUT2D eigenvalue weighted by Gasteiger charge is 2.03. The first-order valence-corrected chi connectivity index (χ1v) is 7.00. The molecule has 0 amide bonds. The fourth-order valence-electron chi connectivity index (χ4n) is 1.82. The average molecular weight is 271 g/mol. The molecule has 0 spiro atoms. The topological polar surface area (TPSA) is 62.7 Å². The van der Waals surface area contributed by atoms with Gasteiger partial charge in [-0.25, -0.2) is 4.98 Å². The van der Waals surface area contributed by atoms with Crippen molar-refractivity contribution < 1.29 is 0 Å². The molecule has 2 heterocycles. The van der Waals surface area contributed by atoms with E-state index in [9.17, 15) is 0 Å². The SMILES string of the molecule is CCCNc1ncc(C)c(NCCc2ccncc2)n1. The maximum absolute atomic E-state index is 4.50. The lowest BCUT2D eigenvalue weighted by Crippen LogP contribution is -2.11. The van der Waals surface area contributed by atoms with Gasteiger partial charge in [-0.3, -0.25) is 4.98 Å². The molecule has 2 rings (SSSR count). The summed E-state index contributed by atoms with van der Waals surface area (Å²) in [5.74, 6) is 1.58. The predicted octanol–water partition coefficient (Wildman–Crippen LogP) is 2.66. The van der Waals surface area contributed by atoms with Crippen molar-refractivity contribution in [2.75, 3.05) is 23.7 Å². The van der Waals surface area contributed by atoms with E-state index in [1.807, 2.05) is 37.6 Å². The highest BCUT2D eigenvalue weighted by molar-refractivity contribution is 5.46. The summed E-state index contributed by atoms with van der Waals surface area (Å²) in [5.41, 5.74) is 2.32. The molecule has 0 unspecified atom stereocenters. The summed E-state index contributed by atoms with van der Waals surface area (Å²) in [4.78, 5) is 12.8. The fraction of sp³-hybridized carbons (Fsp3) is 0.400. The first-order chi connectivity index (χ1) is 9.79. The molecule has 0 aromatic carbocycles. The average Bonchev–Trinajstić information content (AvgIpc) is 2.49. The highest BCUT2D eigenvalue weighted by Crippen LogP contribution is 2.12. The van der Waals surface area contributed by atoms with Crippen molar-refractivity contribution in [3.05, 3.63) is 41.9 Å². The molecule has 0 aliphatic heterocycles. The van der Waals surface area contributed by atoms with Gasteiger partial charge in [0.2, 0.25) is 5.95 Å². The zero-order valence-electron chi connectivity index (χ0n) is 12.1. The van der Waals surface area contributed by atoms with Crippen molar-refractivity contribution in [1.29, 1.82) is 0 Å². The third-order valence-electron chi connectivity index (χ3n) is 2.96. The molecule has 0 saturated heterocycles. The van der Waals surface area contributed by atoms with Crippen LogP contribution in [0.4, 0.5) is 11.8 Å². The lowest BCUT2D eigenvalue weighted by molar-refractivity contribution is 0.942. The number of nitrogens with one attached hydrogen (secondary N) is 2. The van der Waals surface area contributed by atoms with Gasteiger partial charge in [-0.15, -0.1) is 0 Å². The minimum Gasteiger partial charge on any atom is -0.369 e. The number of hydrogen-bond donors (Lipinski definition) is 2. The third kappa shape index (κ3) is 4.19. The summed E-state index contributed by atoms with van der Waals surface area (Å²) in [6, 6.07) is 4.06. The molecule has 2 aromatic rings. The van der Waals surface area contributed by atoms with Crippen LogP contribution in [0.25, 0.3) is 0 Å². The lowest BCUT2D eigenvalue weighted by atomic mass is 10.2. The first-order valence-electron chi connectivity index (χ1n) is 7.00. The van der Waals surface area contributed by atoms with E-state index in [1.165, 1.54) is 5.56 Å². The van der Waals surface area contributed by atoms with Crippen molar-refractivity contribution in [2.24, 2.45) is 0 Å². The smallest absolute Gasteiger partial charge is 0.224 e. The van der Waals surface area contributed by atoms with E-state index in [0.717, 1.165) is 37.3 Å². The van der Waals surface area contributed by atoms with Gasteiger partial charge < -0.3 is 10.6 Å². The highest BCUT2D eigenvalue weighted by atomic mass is 15.1. The van der Waals surface area contributed by atoms with E-state index < -0.39 is 0 Å². The minimum atomic E-state index is 0.684. The van der Waals surface area contributed by atoms with Gasteiger partial charge in [-0.05, 0) is 37.5 Å². The van der Waals surface area contributed by atoms with Crippen LogP contribution in [-0.4, -0.2) is 28.0 Å². The Bertz CT molecular complexity index is 527. The maximum Gasteiger partial charge on any atom is 0.224 e. The van der Waals surface area contributed by atoms with Crippen LogP contribution in [0.15, 0.2) is 30.7 Å². The Balaban J connectivity index is 1.91. The summed E-state index contributed by atoms with van der Waals surface area (Å²) in [6.45, 7) is 5.86. The molecular weight excluding hydrogens is 250 g/mol. The number of pyridine rings is 1. The molecule has 0 bridgehead atoms. The van der Waals surface area contributed by atoms with Crippen LogP contribution in [0.1, 0.15) is 24.5 Å². The molecule has 2 N–H and O–H groups in total. The van der Waals surface area contributed by atoms with E-state index in [4.69, 9.17) is 0 Å². The standard InChI is InChI=1S/C15H21N5/c1-3-7-18-15-19-11-12(2)14(20-15)17-10-6-13-4-8-16-9-5-13/h4-5,8-9,11H,3,6-7,10H2,1-2H3,(H2,17,18,19,20). The minimum absolute atomic E-state index is 0.684. The Morgan fingerprint density at radius 1 is 1.10 bits per heavy atom. The molecule has 0 saturated carbocycles. The fourth-order valence-corrected chi connectivity index (χ4v) is 1.82. The van der Waals surface area contributed by atoms with Gasteiger partial charge in [-0.2, -0.15) is 4.98 Å². The predicted molar refractivity (Wildman–Crippen MR) is 82.0 cm³/mol. The molecule has 0 fully saturated rings. The zero-order valence-corrected chi connectivity index (χ0v) is 12.1. The van der Waals surface area contributed by atoms with Gasteiger partial charge in [0, 0.05) is 37.2 Å². The van der Waals surface area contributed by atoms with Crippen LogP contribution >= 0.6 is 0 Å². The monoisotopic (exact) mass is 271 g/mol. The first kappa shape index (κ1) is 14.2. The second-order valence-electron chi connectivity index (χ2n) is 4.68. The van der Waals surface area contributed by atoms with Gasteiger partial charge in [-0.1, -0.05) is 6.92 Å². The Hall–Kier alpha value is -2.17. The van der Waals surface area contributed by atoms with Crippen molar-refractivity contribution in [2.45, 2.75) is 26.7 Å². The molecule has 0 aliphatic carbocycles. The van der Waals surface area contributed by atoms with Crippen LogP contribution in [0, 0.1) is 6.92 Å². The normalized spacial score (nSPS) is 10.3. The number of aryl methyl sites for hydroxylation is 1. The number of aromatic nitrogens is 3. The van der Waals surface area contributed by atoms with Crippen LogP contribution in [-0.2, 0) is 6.42 Å². The Labute approximate surface area is 119 Å². The van der Waals surface area contributed by atoms with Crippen molar-refractivity contribution in [3.63, 3.8) is 0 Å². The van der Waals surface area contributed by atoms with Crippen LogP contribution < -0.4 is 10.6 Å². The number of anilines is 2. The van der Waals surface area contributed by atoms with E-state index in [2.05, 4.69) is 32.5 Å². The third-order valence-corrected chi connectivity index (χ3v) is 2.96. The summed E-state index contributed by atoms with van der Waals surface area (Å²) >= 11 is 0. The Kier molecular flexibility index (Phi) is 5.29. The number of nitrogens with zero attached hydrogens (tertiary/aromatic N) is 3. The Morgan fingerprint density at radius 3 is 2.65 bits per heavy atom. The van der Waals surface area contributed by atoms with Crippen LogP contribution in [0.3, 0.4) is 0 Å². The summed E-state index contributed by atoms with van der Waals surface area (Å²) in [5, 5.41) is 6.57. The van der Waals surface area contributed by atoms with Gasteiger partial charge >= 0.3 is 0 Å².